The van der Waals surface area contributed by atoms with E-state index in [0.29, 0.717) is 21.7 Å². The van der Waals surface area contributed by atoms with Crippen LogP contribution in [0.4, 0.5) is 11.4 Å². The Balaban J connectivity index is 2.44. The Morgan fingerprint density at radius 3 is 2.48 bits per heavy atom. The number of non-ortho nitro benzene ring substituents is 1. The van der Waals surface area contributed by atoms with Gasteiger partial charge in [-0.1, -0.05) is 36.4 Å². The molecule has 0 saturated carbocycles. The van der Waals surface area contributed by atoms with Gasteiger partial charge in [-0.2, -0.15) is 0 Å². The third-order valence-electron chi connectivity index (χ3n) is 3.71. The van der Waals surface area contributed by atoms with Crippen LogP contribution in [0.3, 0.4) is 0 Å². The minimum atomic E-state index is -1.03. The molecule has 2 aromatic rings. The second-order valence-electron chi connectivity index (χ2n) is 5.69. The zero-order chi connectivity index (χ0) is 20.1. The Hall–Kier alpha value is -3.19. The number of hydrogen-bond donors (Lipinski definition) is 1. The van der Waals surface area contributed by atoms with Gasteiger partial charge < -0.3 is 10.1 Å². The average Bonchev–Trinajstić information content (AvgIpc) is 2.61. The van der Waals surface area contributed by atoms with E-state index >= 15 is 0 Å². The van der Waals surface area contributed by atoms with Gasteiger partial charge in [0, 0.05) is 40.9 Å². The zero-order valence-electron chi connectivity index (χ0n) is 14.7. The van der Waals surface area contributed by atoms with Crippen LogP contribution in [-0.4, -0.2) is 22.9 Å². The Kier molecular flexibility index (Phi) is 6.31. The van der Waals surface area contributed by atoms with Crippen molar-refractivity contribution < 1.29 is 19.2 Å². The molecular weight excluding hydrogens is 372 g/mol. The van der Waals surface area contributed by atoms with Crippen LogP contribution in [-0.2, 0) is 14.3 Å². The van der Waals surface area contributed by atoms with Gasteiger partial charge in [-0.05, 0) is 24.6 Å². The van der Waals surface area contributed by atoms with Crippen LogP contribution in [0.5, 0.6) is 0 Å². The predicted octanol–water partition coefficient (Wildman–Crippen LogP) is 4.20. The van der Waals surface area contributed by atoms with E-state index in [1.807, 2.05) is 0 Å². The summed E-state index contributed by atoms with van der Waals surface area (Å²) >= 11 is 6.20. The molecule has 0 heterocycles. The summed E-state index contributed by atoms with van der Waals surface area (Å²) in [7, 11) is 0. The maximum atomic E-state index is 12.3. The van der Waals surface area contributed by atoms with Gasteiger partial charge in [-0.3, -0.25) is 19.7 Å². The number of nitro benzene ring substituents is 1. The lowest BCUT2D eigenvalue weighted by Gasteiger charge is -2.16. The predicted molar refractivity (Wildman–Crippen MR) is 103 cm³/mol. The maximum Gasteiger partial charge on any atom is 0.303 e. The number of anilines is 1. The van der Waals surface area contributed by atoms with Gasteiger partial charge in [-0.15, -0.1) is 0 Å². The first-order valence-corrected chi connectivity index (χ1v) is 8.29. The molecule has 0 aliphatic heterocycles. The molecule has 0 aliphatic rings. The molecule has 140 valence electrons. The van der Waals surface area contributed by atoms with Gasteiger partial charge in [0.2, 0.25) is 0 Å². The second-order valence-corrected chi connectivity index (χ2v) is 6.09. The third kappa shape index (κ3) is 4.92. The molecule has 0 saturated heterocycles. The number of ether oxygens (including phenoxy) is 1. The van der Waals surface area contributed by atoms with E-state index in [-0.39, 0.29) is 11.4 Å². The molecule has 1 unspecified atom stereocenters. The molecule has 0 aliphatic carbocycles. The first kappa shape index (κ1) is 20.1. The molecule has 0 bridgehead atoms. The second kappa shape index (κ2) is 8.46. The minimum absolute atomic E-state index is 0.163. The number of esters is 1. The van der Waals surface area contributed by atoms with E-state index < -0.39 is 22.9 Å². The van der Waals surface area contributed by atoms with E-state index in [4.69, 9.17) is 16.3 Å². The van der Waals surface area contributed by atoms with E-state index in [0.717, 1.165) is 0 Å². The molecule has 0 aromatic heterocycles. The number of nitrogens with one attached hydrogen (secondary N) is 1. The number of hydrogen-bond acceptors (Lipinski definition) is 5. The van der Waals surface area contributed by atoms with Crippen LogP contribution in [0, 0.1) is 10.1 Å². The highest BCUT2D eigenvalue weighted by Crippen LogP contribution is 2.34. The van der Waals surface area contributed by atoms with Crippen molar-refractivity contribution >= 4 is 40.4 Å². The molecule has 27 heavy (non-hydrogen) atoms. The Bertz CT molecular complexity index is 926. The van der Waals surface area contributed by atoms with Crippen molar-refractivity contribution in [3.8, 4) is 0 Å². The maximum absolute atomic E-state index is 12.3. The summed E-state index contributed by atoms with van der Waals surface area (Å²) in [6.45, 7) is 6.59. The van der Waals surface area contributed by atoms with Gasteiger partial charge in [0.1, 0.15) is 0 Å². The smallest absolute Gasteiger partial charge is 0.303 e. The van der Waals surface area contributed by atoms with Gasteiger partial charge in [0.25, 0.3) is 11.6 Å². The monoisotopic (exact) mass is 388 g/mol. The standard InChI is InChI=1S/C19H17ClN2O5/c1-11(15-6-4-5-7-17(15)20)16-10-14(22(25)26)8-9-18(16)21-19(24)12(2)27-13(3)23/h4-10,12H,1H2,2-3H3,(H,21,24). The number of benzene rings is 2. The first-order chi connectivity index (χ1) is 12.7. The number of nitro groups is 1. The van der Waals surface area contributed by atoms with Crippen molar-refractivity contribution in [2.75, 3.05) is 5.32 Å². The SMILES string of the molecule is C=C(c1ccccc1Cl)c1cc([N+](=O)[O-])ccc1NC(=O)C(C)OC(C)=O. The molecule has 0 spiro atoms. The van der Waals surface area contributed by atoms with Crippen molar-refractivity contribution in [3.63, 3.8) is 0 Å². The van der Waals surface area contributed by atoms with Crippen LogP contribution in [0.1, 0.15) is 25.0 Å². The number of rotatable bonds is 6. The number of carbonyl (C=O) groups excluding carboxylic acids is 2. The highest BCUT2D eigenvalue weighted by molar-refractivity contribution is 6.32. The molecule has 1 N–H and O–H groups in total. The summed E-state index contributed by atoms with van der Waals surface area (Å²) in [6.07, 6.45) is -1.03. The Morgan fingerprint density at radius 2 is 1.89 bits per heavy atom. The Labute approximate surface area is 160 Å². The quantitative estimate of drug-likeness (QED) is 0.454. The van der Waals surface area contributed by atoms with Gasteiger partial charge in [-0.25, -0.2) is 0 Å². The van der Waals surface area contributed by atoms with E-state index in [2.05, 4.69) is 11.9 Å². The van der Waals surface area contributed by atoms with Crippen LogP contribution < -0.4 is 5.32 Å². The molecule has 1 atom stereocenters. The van der Waals surface area contributed by atoms with Crippen LogP contribution in [0.15, 0.2) is 49.0 Å². The Morgan fingerprint density at radius 1 is 1.22 bits per heavy atom. The lowest BCUT2D eigenvalue weighted by Crippen LogP contribution is -2.29. The highest BCUT2D eigenvalue weighted by atomic mass is 35.5. The largest absolute Gasteiger partial charge is 0.453 e. The summed E-state index contributed by atoms with van der Waals surface area (Å²) in [5, 5.41) is 14.2. The lowest BCUT2D eigenvalue weighted by atomic mass is 9.97. The number of carbonyl (C=O) groups is 2. The third-order valence-corrected chi connectivity index (χ3v) is 4.04. The van der Waals surface area contributed by atoms with Crippen LogP contribution in [0.2, 0.25) is 5.02 Å². The molecule has 0 radical (unpaired) electrons. The van der Waals surface area contributed by atoms with E-state index in [1.165, 1.54) is 32.0 Å². The highest BCUT2D eigenvalue weighted by Gasteiger charge is 2.20. The fourth-order valence-electron chi connectivity index (χ4n) is 2.39. The van der Waals surface area contributed by atoms with Gasteiger partial charge >= 0.3 is 5.97 Å². The van der Waals surface area contributed by atoms with Crippen molar-refractivity contribution in [2.45, 2.75) is 20.0 Å². The zero-order valence-corrected chi connectivity index (χ0v) is 15.4. The molecule has 2 aromatic carbocycles. The summed E-state index contributed by atoms with van der Waals surface area (Å²) in [4.78, 5) is 33.9. The average molecular weight is 389 g/mol. The van der Waals surface area contributed by atoms with Crippen molar-refractivity contribution in [2.24, 2.45) is 0 Å². The van der Waals surface area contributed by atoms with E-state index in [9.17, 15) is 19.7 Å². The fourth-order valence-corrected chi connectivity index (χ4v) is 2.64. The number of halogens is 1. The normalized spacial score (nSPS) is 11.4. The first-order valence-electron chi connectivity index (χ1n) is 7.91. The minimum Gasteiger partial charge on any atom is -0.453 e. The molecular formula is C19H17ClN2O5. The van der Waals surface area contributed by atoms with Crippen molar-refractivity contribution in [1.29, 1.82) is 0 Å². The van der Waals surface area contributed by atoms with Crippen molar-refractivity contribution in [3.05, 3.63) is 75.3 Å². The molecule has 2 rings (SSSR count). The fraction of sp³-hybridized carbons (Fsp3) is 0.158. The molecule has 7 nitrogen and oxygen atoms in total. The summed E-state index contributed by atoms with van der Waals surface area (Å²) in [6, 6.07) is 10.8. The molecule has 8 heteroatoms. The van der Waals surface area contributed by atoms with Gasteiger partial charge in [0.05, 0.1) is 4.92 Å². The van der Waals surface area contributed by atoms with Crippen LogP contribution in [0.25, 0.3) is 5.57 Å². The number of amides is 1. The summed E-state index contributed by atoms with van der Waals surface area (Å²) < 4.78 is 4.85. The molecule has 0 fully saturated rings. The molecule has 1 amide bonds. The van der Waals surface area contributed by atoms with E-state index in [1.54, 1.807) is 24.3 Å². The summed E-state index contributed by atoms with van der Waals surface area (Å²) in [5.41, 5.74) is 1.43. The van der Waals surface area contributed by atoms with Gasteiger partial charge in [0.15, 0.2) is 6.10 Å². The van der Waals surface area contributed by atoms with Crippen molar-refractivity contribution in [1.82, 2.24) is 0 Å². The lowest BCUT2D eigenvalue weighted by molar-refractivity contribution is -0.384. The topological polar surface area (TPSA) is 98.5 Å². The number of nitrogens with zero attached hydrogens (tertiary/aromatic N) is 1. The van der Waals surface area contributed by atoms with Crippen LogP contribution >= 0.6 is 11.6 Å². The summed E-state index contributed by atoms with van der Waals surface area (Å²) in [5.74, 6) is -1.17.